The number of hydrogen-bond donors (Lipinski definition) is 2. The molecule has 9 nitrogen and oxygen atoms in total. The quantitative estimate of drug-likeness (QED) is 0.688. The van der Waals surface area contributed by atoms with Crippen LogP contribution >= 0.6 is 0 Å². The third-order valence-corrected chi connectivity index (χ3v) is 6.32. The van der Waals surface area contributed by atoms with Gasteiger partial charge in [0.2, 0.25) is 16.0 Å². The molecule has 1 aliphatic heterocycles. The molecule has 2 N–H and O–H groups in total. The lowest BCUT2D eigenvalue weighted by atomic mass is 10.3. The number of aryl methyl sites for hydroxylation is 1. The third-order valence-electron chi connectivity index (χ3n) is 4.43. The maximum atomic E-state index is 12.9. The zero-order valence-electron chi connectivity index (χ0n) is 14.1. The van der Waals surface area contributed by atoms with E-state index in [0.29, 0.717) is 43.2 Å². The lowest BCUT2D eigenvalue weighted by Crippen LogP contribution is -2.49. The summed E-state index contributed by atoms with van der Waals surface area (Å²) < 4.78 is 27.3. The first-order chi connectivity index (χ1) is 12.4. The molecule has 2 aromatic heterocycles. The number of H-pyrrole nitrogens is 2. The Balaban J connectivity index is 1.54. The fourth-order valence-corrected chi connectivity index (χ4v) is 4.49. The topological polar surface area (TPSA) is 115 Å². The van der Waals surface area contributed by atoms with Crippen molar-refractivity contribution in [2.45, 2.75) is 11.8 Å². The molecule has 4 rings (SSSR count). The highest BCUT2D eigenvalue weighted by Gasteiger charge is 2.29. The van der Waals surface area contributed by atoms with Crippen molar-refractivity contribution >= 4 is 27.0 Å². The van der Waals surface area contributed by atoms with E-state index in [1.807, 2.05) is 17.9 Å². The van der Waals surface area contributed by atoms with E-state index in [0.717, 1.165) is 5.69 Å². The normalized spacial score (nSPS) is 16.3. The lowest BCUT2D eigenvalue weighted by molar-refractivity contribution is 0.382. The summed E-state index contributed by atoms with van der Waals surface area (Å²) in [7, 11) is -3.63. The van der Waals surface area contributed by atoms with Crippen molar-refractivity contribution in [3.63, 3.8) is 0 Å². The first-order valence-corrected chi connectivity index (χ1v) is 9.64. The van der Waals surface area contributed by atoms with Crippen molar-refractivity contribution in [3.8, 4) is 0 Å². The summed E-state index contributed by atoms with van der Waals surface area (Å²) in [5.41, 5.74) is 1.57. The number of benzene rings is 1. The summed E-state index contributed by atoms with van der Waals surface area (Å²) in [5.74, 6) is 0.619. The molecule has 26 heavy (non-hydrogen) atoms. The van der Waals surface area contributed by atoms with Crippen LogP contribution in [0.3, 0.4) is 0 Å². The molecule has 1 aliphatic rings. The molecular weight excluding hydrogens is 356 g/mol. The van der Waals surface area contributed by atoms with Crippen molar-refractivity contribution in [1.82, 2.24) is 24.2 Å². The van der Waals surface area contributed by atoms with E-state index in [1.165, 1.54) is 16.4 Å². The second-order valence-corrected chi connectivity index (χ2v) is 8.11. The van der Waals surface area contributed by atoms with Gasteiger partial charge >= 0.3 is 5.69 Å². The van der Waals surface area contributed by atoms with Crippen LogP contribution in [0.5, 0.6) is 0 Å². The number of aromatic nitrogens is 4. The van der Waals surface area contributed by atoms with Crippen LogP contribution in [0.25, 0.3) is 11.0 Å². The Labute approximate surface area is 149 Å². The molecule has 3 heterocycles. The Hall–Kier alpha value is -2.72. The zero-order chi connectivity index (χ0) is 18.3. The largest absolute Gasteiger partial charge is 0.338 e. The van der Waals surface area contributed by atoms with Crippen LogP contribution in [0, 0.1) is 6.92 Å². The van der Waals surface area contributed by atoms with E-state index in [9.17, 15) is 13.2 Å². The van der Waals surface area contributed by atoms with Crippen molar-refractivity contribution in [2.24, 2.45) is 0 Å². The van der Waals surface area contributed by atoms with Crippen LogP contribution in [-0.4, -0.2) is 58.8 Å². The minimum absolute atomic E-state index is 0.167. The molecule has 10 heteroatoms. The zero-order valence-corrected chi connectivity index (χ0v) is 15.0. The Morgan fingerprint density at radius 2 is 1.77 bits per heavy atom. The number of fused-ring (bicyclic) bond motifs is 1. The SMILES string of the molecule is Cc1ccnc(N2CCN(S(=O)(=O)c3ccc4[nH]c(=O)[nH]c4c3)CC2)n1. The maximum absolute atomic E-state index is 12.9. The fourth-order valence-electron chi connectivity index (χ4n) is 3.04. The monoisotopic (exact) mass is 374 g/mol. The molecule has 0 amide bonds. The molecule has 136 valence electrons. The predicted molar refractivity (Wildman–Crippen MR) is 96.7 cm³/mol. The molecule has 0 atom stereocenters. The highest BCUT2D eigenvalue weighted by Crippen LogP contribution is 2.21. The van der Waals surface area contributed by atoms with E-state index in [1.54, 1.807) is 12.3 Å². The van der Waals surface area contributed by atoms with Gasteiger partial charge in [-0.2, -0.15) is 4.31 Å². The van der Waals surface area contributed by atoms with E-state index in [-0.39, 0.29) is 10.6 Å². The van der Waals surface area contributed by atoms with Crippen LogP contribution in [0.4, 0.5) is 5.95 Å². The average Bonchev–Trinajstić information content (AvgIpc) is 3.01. The molecule has 0 radical (unpaired) electrons. The standard InChI is InChI=1S/C16H18N6O3S/c1-11-4-5-17-15(18-11)21-6-8-22(9-7-21)26(24,25)12-2-3-13-14(10-12)20-16(23)19-13/h2-5,10H,6-9H2,1H3,(H2,19,20,23). The van der Waals surface area contributed by atoms with Crippen LogP contribution in [0.2, 0.25) is 0 Å². The van der Waals surface area contributed by atoms with Crippen LogP contribution in [-0.2, 0) is 10.0 Å². The van der Waals surface area contributed by atoms with Crippen molar-refractivity contribution in [2.75, 3.05) is 31.1 Å². The number of hydrogen-bond acceptors (Lipinski definition) is 6. The van der Waals surface area contributed by atoms with E-state index < -0.39 is 10.0 Å². The van der Waals surface area contributed by atoms with Crippen LogP contribution < -0.4 is 10.6 Å². The predicted octanol–water partition coefficient (Wildman–Crippen LogP) is 0.466. The van der Waals surface area contributed by atoms with Gasteiger partial charge in [0, 0.05) is 38.1 Å². The summed E-state index contributed by atoms with van der Waals surface area (Å²) >= 11 is 0. The highest BCUT2D eigenvalue weighted by atomic mass is 32.2. The summed E-state index contributed by atoms with van der Waals surface area (Å²) in [5, 5.41) is 0. The molecule has 0 spiro atoms. The van der Waals surface area contributed by atoms with Crippen LogP contribution in [0.15, 0.2) is 40.2 Å². The summed E-state index contributed by atoms with van der Waals surface area (Å²) in [6.07, 6.45) is 1.70. The van der Waals surface area contributed by atoms with Gasteiger partial charge < -0.3 is 14.9 Å². The van der Waals surface area contributed by atoms with Gasteiger partial charge in [-0.15, -0.1) is 0 Å². The molecule has 0 aliphatic carbocycles. The molecule has 1 aromatic carbocycles. The van der Waals surface area contributed by atoms with Gasteiger partial charge in [0.15, 0.2) is 0 Å². The number of imidazole rings is 1. The Kier molecular flexibility index (Phi) is 4.00. The van der Waals surface area contributed by atoms with Gasteiger partial charge in [0.1, 0.15) is 0 Å². The number of anilines is 1. The first-order valence-electron chi connectivity index (χ1n) is 8.20. The third kappa shape index (κ3) is 2.97. The molecule has 1 saturated heterocycles. The number of nitrogens with one attached hydrogen (secondary N) is 2. The molecule has 0 unspecified atom stereocenters. The molecular formula is C16H18N6O3S. The first kappa shape index (κ1) is 16.7. The van der Waals surface area contributed by atoms with Crippen molar-refractivity contribution < 1.29 is 8.42 Å². The molecule has 0 saturated carbocycles. The van der Waals surface area contributed by atoms with Crippen molar-refractivity contribution in [3.05, 3.63) is 46.6 Å². The highest BCUT2D eigenvalue weighted by molar-refractivity contribution is 7.89. The summed E-state index contributed by atoms with van der Waals surface area (Å²) in [6.45, 7) is 3.63. The van der Waals surface area contributed by atoms with Crippen LogP contribution in [0.1, 0.15) is 5.69 Å². The fraction of sp³-hybridized carbons (Fsp3) is 0.312. The minimum atomic E-state index is -3.63. The Morgan fingerprint density at radius 3 is 2.50 bits per heavy atom. The number of aromatic amines is 2. The number of nitrogens with zero attached hydrogens (tertiary/aromatic N) is 4. The summed E-state index contributed by atoms with van der Waals surface area (Å²) in [4.78, 5) is 27.3. The number of sulfonamides is 1. The molecule has 1 fully saturated rings. The molecule has 3 aromatic rings. The maximum Gasteiger partial charge on any atom is 0.323 e. The number of rotatable bonds is 3. The van der Waals surface area contributed by atoms with Gasteiger partial charge in [-0.1, -0.05) is 0 Å². The van der Waals surface area contributed by atoms with E-state index in [4.69, 9.17) is 0 Å². The smallest absolute Gasteiger partial charge is 0.323 e. The second kappa shape index (κ2) is 6.22. The van der Waals surface area contributed by atoms with Gasteiger partial charge in [-0.25, -0.2) is 23.2 Å². The van der Waals surface area contributed by atoms with Gasteiger partial charge in [-0.05, 0) is 31.2 Å². The minimum Gasteiger partial charge on any atom is -0.338 e. The molecule has 0 bridgehead atoms. The van der Waals surface area contributed by atoms with Gasteiger partial charge in [-0.3, -0.25) is 0 Å². The van der Waals surface area contributed by atoms with Gasteiger partial charge in [0.05, 0.1) is 15.9 Å². The average molecular weight is 374 g/mol. The van der Waals surface area contributed by atoms with E-state index in [2.05, 4.69) is 19.9 Å². The second-order valence-electron chi connectivity index (χ2n) is 6.18. The Bertz CT molecular complexity index is 1110. The Morgan fingerprint density at radius 1 is 1.04 bits per heavy atom. The van der Waals surface area contributed by atoms with Crippen molar-refractivity contribution in [1.29, 1.82) is 0 Å². The number of piperazine rings is 1. The lowest BCUT2D eigenvalue weighted by Gasteiger charge is -2.34. The summed E-state index contributed by atoms with van der Waals surface area (Å²) in [6, 6.07) is 6.42. The van der Waals surface area contributed by atoms with Gasteiger partial charge in [0.25, 0.3) is 0 Å². The van der Waals surface area contributed by atoms with E-state index >= 15 is 0 Å².